The van der Waals surface area contributed by atoms with Crippen LogP contribution in [-0.2, 0) is 0 Å². The first-order chi connectivity index (χ1) is 8.95. The van der Waals surface area contributed by atoms with Crippen molar-refractivity contribution in [1.29, 1.82) is 0 Å². The Morgan fingerprint density at radius 3 is 2.47 bits per heavy atom. The average molecular weight is 286 g/mol. The Kier molecular flexibility index (Phi) is 3.62. The minimum Gasteiger partial charge on any atom is -0.457 e. The Morgan fingerprint density at radius 2 is 1.84 bits per heavy atom. The van der Waals surface area contributed by atoms with E-state index >= 15 is 0 Å². The number of halogens is 3. The maximum atomic E-state index is 13.2. The molecule has 2 rings (SSSR count). The van der Waals surface area contributed by atoms with Gasteiger partial charge in [0.2, 0.25) is 0 Å². The lowest BCUT2D eigenvalue weighted by atomic mass is 10.3. The molecule has 0 atom stereocenters. The molecule has 2 aromatic carbocycles. The van der Waals surface area contributed by atoms with Gasteiger partial charge in [-0.3, -0.25) is 10.1 Å². The van der Waals surface area contributed by atoms with E-state index in [1.165, 1.54) is 12.1 Å². The molecule has 0 aliphatic rings. The fraction of sp³-hybridized carbons (Fsp3) is 0. The SMILES string of the molecule is O=[N+]([O-])c1cc(F)cc(Oc2ccc(Cl)c(F)c2)c1. The summed E-state index contributed by atoms with van der Waals surface area (Å²) in [5, 5.41) is 10.5. The molecule has 0 aliphatic carbocycles. The highest BCUT2D eigenvalue weighted by Gasteiger charge is 2.11. The number of ether oxygens (including phenoxy) is 1. The molecular formula is C12H6ClF2NO3. The lowest BCUT2D eigenvalue weighted by Crippen LogP contribution is -1.92. The molecule has 0 spiro atoms. The van der Waals surface area contributed by atoms with Crippen LogP contribution < -0.4 is 4.74 Å². The number of hydrogen-bond acceptors (Lipinski definition) is 3. The lowest BCUT2D eigenvalue weighted by molar-refractivity contribution is -0.385. The van der Waals surface area contributed by atoms with Gasteiger partial charge >= 0.3 is 0 Å². The summed E-state index contributed by atoms with van der Waals surface area (Å²) in [6.07, 6.45) is 0. The zero-order chi connectivity index (χ0) is 14.0. The molecule has 0 aromatic heterocycles. The third-order valence-electron chi connectivity index (χ3n) is 2.19. The fourth-order valence-corrected chi connectivity index (χ4v) is 1.51. The number of nitro groups is 1. The minimum atomic E-state index is -0.821. The number of nitro benzene ring substituents is 1. The third-order valence-corrected chi connectivity index (χ3v) is 2.50. The summed E-state index contributed by atoms with van der Waals surface area (Å²) in [6.45, 7) is 0. The monoisotopic (exact) mass is 285 g/mol. The molecular weight excluding hydrogens is 280 g/mol. The number of nitrogens with zero attached hydrogens (tertiary/aromatic N) is 1. The van der Waals surface area contributed by atoms with E-state index in [4.69, 9.17) is 16.3 Å². The van der Waals surface area contributed by atoms with Crippen molar-refractivity contribution in [1.82, 2.24) is 0 Å². The highest BCUT2D eigenvalue weighted by Crippen LogP contribution is 2.28. The first kappa shape index (κ1) is 13.2. The van der Waals surface area contributed by atoms with Gasteiger partial charge in [0, 0.05) is 12.1 Å². The van der Waals surface area contributed by atoms with Gasteiger partial charge < -0.3 is 4.74 Å². The first-order valence-corrected chi connectivity index (χ1v) is 5.41. The van der Waals surface area contributed by atoms with E-state index in [2.05, 4.69) is 0 Å². The van der Waals surface area contributed by atoms with Gasteiger partial charge in [0.25, 0.3) is 5.69 Å². The predicted molar refractivity (Wildman–Crippen MR) is 64.5 cm³/mol. The van der Waals surface area contributed by atoms with E-state index in [9.17, 15) is 18.9 Å². The largest absolute Gasteiger partial charge is 0.457 e. The maximum Gasteiger partial charge on any atom is 0.276 e. The van der Waals surface area contributed by atoms with Crippen molar-refractivity contribution in [3.63, 3.8) is 0 Å². The normalized spacial score (nSPS) is 10.3. The fourth-order valence-electron chi connectivity index (χ4n) is 1.39. The Hall–Kier alpha value is -2.21. The summed E-state index contributed by atoms with van der Waals surface area (Å²) < 4.78 is 31.5. The summed E-state index contributed by atoms with van der Waals surface area (Å²) in [5.74, 6) is -1.57. The lowest BCUT2D eigenvalue weighted by Gasteiger charge is -2.06. The van der Waals surface area contributed by atoms with E-state index < -0.39 is 22.2 Å². The smallest absolute Gasteiger partial charge is 0.276 e. The highest BCUT2D eigenvalue weighted by molar-refractivity contribution is 6.30. The van der Waals surface area contributed by atoms with Crippen LogP contribution in [-0.4, -0.2) is 4.92 Å². The molecule has 0 bridgehead atoms. The van der Waals surface area contributed by atoms with Crippen molar-refractivity contribution in [2.45, 2.75) is 0 Å². The van der Waals surface area contributed by atoms with Crippen LogP contribution in [0, 0.1) is 21.7 Å². The molecule has 0 heterocycles. The summed E-state index contributed by atoms with van der Waals surface area (Å²) in [4.78, 5) is 9.81. The molecule has 2 aromatic rings. The van der Waals surface area contributed by atoms with Crippen LogP contribution >= 0.6 is 11.6 Å². The van der Waals surface area contributed by atoms with Gasteiger partial charge in [-0.15, -0.1) is 0 Å². The average Bonchev–Trinajstić information content (AvgIpc) is 2.33. The Balaban J connectivity index is 2.32. The minimum absolute atomic E-state index is 0.0572. The summed E-state index contributed by atoms with van der Waals surface area (Å²) >= 11 is 5.50. The molecule has 19 heavy (non-hydrogen) atoms. The molecule has 0 aliphatic heterocycles. The third kappa shape index (κ3) is 3.17. The molecule has 0 unspecified atom stereocenters. The molecule has 0 radical (unpaired) electrons. The molecule has 7 heteroatoms. The van der Waals surface area contributed by atoms with E-state index in [0.29, 0.717) is 0 Å². The highest BCUT2D eigenvalue weighted by atomic mass is 35.5. The quantitative estimate of drug-likeness (QED) is 0.623. The number of rotatable bonds is 3. The van der Waals surface area contributed by atoms with Crippen LogP contribution in [0.3, 0.4) is 0 Å². The molecule has 0 saturated carbocycles. The van der Waals surface area contributed by atoms with Gasteiger partial charge in [-0.1, -0.05) is 11.6 Å². The van der Waals surface area contributed by atoms with E-state index in [-0.39, 0.29) is 16.5 Å². The van der Waals surface area contributed by atoms with Gasteiger partial charge in [0.1, 0.15) is 23.1 Å². The van der Waals surface area contributed by atoms with E-state index in [1.54, 1.807) is 0 Å². The molecule has 0 amide bonds. The second-order valence-electron chi connectivity index (χ2n) is 3.58. The van der Waals surface area contributed by atoms with Crippen molar-refractivity contribution in [2.75, 3.05) is 0 Å². The Labute approximate surface area is 111 Å². The van der Waals surface area contributed by atoms with Crippen molar-refractivity contribution >= 4 is 17.3 Å². The first-order valence-electron chi connectivity index (χ1n) is 5.03. The van der Waals surface area contributed by atoms with E-state index in [1.807, 2.05) is 0 Å². The van der Waals surface area contributed by atoms with Crippen molar-refractivity contribution in [3.05, 3.63) is 63.2 Å². The standard InChI is InChI=1S/C12H6ClF2NO3/c13-11-2-1-9(6-12(11)15)19-10-4-7(14)3-8(5-10)16(17)18/h1-6H. The summed E-state index contributed by atoms with van der Waals surface area (Å²) in [7, 11) is 0. The van der Waals surface area contributed by atoms with Crippen LogP contribution in [0.5, 0.6) is 11.5 Å². The zero-order valence-corrected chi connectivity index (χ0v) is 10.0. The maximum absolute atomic E-state index is 13.2. The molecule has 0 saturated heterocycles. The van der Waals surface area contributed by atoms with Crippen LogP contribution in [0.25, 0.3) is 0 Å². The van der Waals surface area contributed by atoms with Gasteiger partial charge in [0.05, 0.1) is 22.1 Å². The number of non-ortho nitro benzene ring substituents is 1. The van der Waals surface area contributed by atoms with Gasteiger partial charge in [-0.2, -0.15) is 0 Å². The second-order valence-corrected chi connectivity index (χ2v) is 3.99. The van der Waals surface area contributed by atoms with Gasteiger partial charge in [0.15, 0.2) is 0 Å². The van der Waals surface area contributed by atoms with Crippen molar-refractivity contribution in [3.8, 4) is 11.5 Å². The summed E-state index contributed by atoms with van der Waals surface area (Å²) in [5.41, 5.74) is -0.454. The molecule has 98 valence electrons. The summed E-state index contributed by atoms with van der Waals surface area (Å²) in [6, 6.07) is 6.38. The number of benzene rings is 2. The predicted octanol–water partition coefficient (Wildman–Crippen LogP) is 4.32. The van der Waals surface area contributed by atoms with Crippen LogP contribution in [0.4, 0.5) is 14.5 Å². The zero-order valence-electron chi connectivity index (χ0n) is 9.27. The Morgan fingerprint density at radius 1 is 1.11 bits per heavy atom. The molecule has 4 nitrogen and oxygen atoms in total. The van der Waals surface area contributed by atoms with Gasteiger partial charge in [-0.05, 0) is 12.1 Å². The van der Waals surface area contributed by atoms with Crippen molar-refractivity contribution < 1.29 is 18.4 Å². The number of hydrogen-bond donors (Lipinski definition) is 0. The Bertz CT molecular complexity index is 649. The second kappa shape index (κ2) is 5.19. The van der Waals surface area contributed by atoms with Crippen LogP contribution in [0.1, 0.15) is 0 Å². The topological polar surface area (TPSA) is 52.4 Å². The van der Waals surface area contributed by atoms with Crippen LogP contribution in [0.15, 0.2) is 36.4 Å². The van der Waals surface area contributed by atoms with Crippen LogP contribution in [0.2, 0.25) is 5.02 Å². The van der Waals surface area contributed by atoms with Crippen molar-refractivity contribution in [2.24, 2.45) is 0 Å². The molecule has 0 fully saturated rings. The van der Waals surface area contributed by atoms with E-state index in [0.717, 1.165) is 24.3 Å². The van der Waals surface area contributed by atoms with Gasteiger partial charge in [-0.25, -0.2) is 8.78 Å². The molecule has 0 N–H and O–H groups in total.